The third-order valence-electron chi connectivity index (χ3n) is 3.57. The van der Waals surface area contributed by atoms with Crippen LogP contribution in [0, 0.1) is 0 Å². The van der Waals surface area contributed by atoms with Crippen molar-refractivity contribution in [1.82, 2.24) is 4.98 Å². The molecule has 128 valence electrons. The summed E-state index contributed by atoms with van der Waals surface area (Å²) in [4.78, 5) is 4.36. The minimum Gasteiger partial charge on any atom is -0.493 e. The summed E-state index contributed by atoms with van der Waals surface area (Å²) in [6, 6.07) is 18.1. The van der Waals surface area contributed by atoms with Crippen molar-refractivity contribution in [3.05, 3.63) is 78.3 Å². The van der Waals surface area contributed by atoms with E-state index in [0.717, 1.165) is 34.5 Å². The minimum atomic E-state index is 0.675. The SMILES string of the molecule is CC=Cc1ccc(-c2cnc(CSCCOc3ccccc3)o2)cc1. The maximum absolute atomic E-state index is 5.84. The zero-order chi connectivity index (χ0) is 17.3. The van der Waals surface area contributed by atoms with E-state index in [9.17, 15) is 0 Å². The Morgan fingerprint density at radius 2 is 1.88 bits per heavy atom. The lowest BCUT2D eigenvalue weighted by molar-refractivity contribution is 0.344. The number of aromatic nitrogens is 1. The molecule has 0 radical (unpaired) electrons. The van der Waals surface area contributed by atoms with Crippen LogP contribution in [0.25, 0.3) is 17.4 Å². The second kappa shape index (κ2) is 9.14. The van der Waals surface area contributed by atoms with Crippen LogP contribution in [-0.4, -0.2) is 17.3 Å². The van der Waals surface area contributed by atoms with E-state index < -0.39 is 0 Å². The molecule has 3 nitrogen and oxygen atoms in total. The lowest BCUT2D eigenvalue weighted by Crippen LogP contribution is -2.00. The predicted molar refractivity (Wildman–Crippen MR) is 105 cm³/mol. The molecule has 0 unspecified atom stereocenters. The first-order valence-electron chi connectivity index (χ1n) is 8.28. The van der Waals surface area contributed by atoms with Gasteiger partial charge < -0.3 is 9.15 Å². The Balaban J connectivity index is 1.45. The average molecular weight is 351 g/mol. The van der Waals surface area contributed by atoms with Crippen molar-refractivity contribution < 1.29 is 9.15 Å². The van der Waals surface area contributed by atoms with E-state index >= 15 is 0 Å². The molecule has 0 amide bonds. The van der Waals surface area contributed by atoms with Gasteiger partial charge in [-0.15, -0.1) is 11.8 Å². The van der Waals surface area contributed by atoms with Gasteiger partial charge in [0.1, 0.15) is 5.75 Å². The van der Waals surface area contributed by atoms with Crippen molar-refractivity contribution in [1.29, 1.82) is 0 Å². The van der Waals surface area contributed by atoms with Gasteiger partial charge in [-0.2, -0.15) is 0 Å². The Bertz CT molecular complexity index is 794. The molecule has 0 N–H and O–H groups in total. The van der Waals surface area contributed by atoms with Gasteiger partial charge in [0.25, 0.3) is 0 Å². The van der Waals surface area contributed by atoms with Crippen molar-refractivity contribution >= 4 is 17.8 Å². The molecule has 0 saturated heterocycles. The first-order valence-corrected chi connectivity index (χ1v) is 9.44. The Morgan fingerprint density at radius 3 is 2.64 bits per heavy atom. The maximum Gasteiger partial charge on any atom is 0.204 e. The van der Waals surface area contributed by atoms with Crippen LogP contribution in [-0.2, 0) is 5.75 Å². The summed E-state index contributed by atoms with van der Waals surface area (Å²) in [5, 5.41) is 0. The van der Waals surface area contributed by atoms with Crippen LogP contribution in [0.1, 0.15) is 18.4 Å². The fraction of sp³-hybridized carbons (Fsp3) is 0.190. The van der Waals surface area contributed by atoms with E-state index in [1.807, 2.05) is 43.3 Å². The largest absolute Gasteiger partial charge is 0.493 e. The van der Waals surface area contributed by atoms with Gasteiger partial charge in [-0.3, -0.25) is 0 Å². The lowest BCUT2D eigenvalue weighted by Gasteiger charge is -2.04. The van der Waals surface area contributed by atoms with Crippen molar-refractivity contribution in [3.8, 4) is 17.1 Å². The van der Waals surface area contributed by atoms with Gasteiger partial charge in [-0.05, 0) is 24.6 Å². The molecule has 1 aromatic heterocycles. The second-order valence-corrected chi connectivity index (χ2v) is 6.56. The van der Waals surface area contributed by atoms with Gasteiger partial charge >= 0.3 is 0 Å². The number of allylic oxidation sites excluding steroid dienone is 1. The number of nitrogens with zero attached hydrogens (tertiary/aromatic N) is 1. The molecule has 25 heavy (non-hydrogen) atoms. The topological polar surface area (TPSA) is 35.3 Å². The van der Waals surface area contributed by atoms with E-state index in [4.69, 9.17) is 9.15 Å². The van der Waals surface area contributed by atoms with E-state index in [1.165, 1.54) is 5.56 Å². The summed E-state index contributed by atoms with van der Waals surface area (Å²) in [6.07, 6.45) is 5.89. The summed E-state index contributed by atoms with van der Waals surface area (Å²) in [5.74, 6) is 4.10. The number of hydrogen-bond acceptors (Lipinski definition) is 4. The number of ether oxygens (including phenoxy) is 1. The fourth-order valence-corrected chi connectivity index (χ4v) is 3.01. The van der Waals surface area contributed by atoms with Gasteiger partial charge in [-0.1, -0.05) is 54.6 Å². The van der Waals surface area contributed by atoms with Crippen LogP contribution < -0.4 is 4.74 Å². The molecule has 0 bridgehead atoms. The zero-order valence-electron chi connectivity index (χ0n) is 14.2. The van der Waals surface area contributed by atoms with Crippen molar-refractivity contribution in [2.24, 2.45) is 0 Å². The molecular weight excluding hydrogens is 330 g/mol. The molecule has 0 saturated carbocycles. The molecule has 0 aliphatic carbocycles. The van der Waals surface area contributed by atoms with Crippen LogP contribution in [0.3, 0.4) is 0 Å². The first-order chi connectivity index (χ1) is 12.3. The molecule has 0 spiro atoms. The molecular formula is C21H21NO2S. The van der Waals surface area contributed by atoms with Crippen LogP contribution in [0.2, 0.25) is 0 Å². The maximum atomic E-state index is 5.84. The summed E-state index contributed by atoms with van der Waals surface area (Å²) >= 11 is 1.75. The minimum absolute atomic E-state index is 0.675. The molecule has 3 rings (SSSR count). The normalized spacial score (nSPS) is 11.1. The fourth-order valence-electron chi connectivity index (χ4n) is 2.36. The number of rotatable bonds is 8. The molecule has 3 aromatic rings. The molecule has 4 heteroatoms. The van der Waals surface area contributed by atoms with Crippen LogP contribution in [0.5, 0.6) is 5.75 Å². The number of thioether (sulfide) groups is 1. The van der Waals surface area contributed by atoms with Crippen molar-refractivity contribution in [2.75, 3.05) is 12.4 Å². The van der Waals surface area contributed by atoms with Gasteiger partial charge in [-0.25, -0.2) is 4.98 Å². The lowest BCUT2D eigenvalue weighted by atomic mass is 10.1. The molecule has 0 aliphatic heterocycles. The third-order valence-corrected chi connectivity index (χ3v) is 4.48. The number of benzene rings is 2. The van der Waals surface area contributed by atoms with Gasteiger partial charge in [0.2, 0.25) is 5.89 Å². The van der Waals surface area contributed by atoms with Crippen LogP contribution in [0.15, 0.2) is 71.3 Å². The smallest absolute Gasteiger partial charge is 0.204 e. The summed E-state index contributed by atoms with van der Waals surface area (Å²) in [6.45, 7) is 2.69. The highest BCUT2D eigenvalue weighted by Gasteiger charge is 2.06. The monoisotopic (exact) mass is 351 g/mol. The van der Waals surface area contributed by atoms with Crippen LogP contribution in [0.4, 0.5) is 0 Å². The predicted octanol–water partition coefficient (Wildman–Crippen LogP) is 5.69. The Kier molecular flexibility index (Phi) is 6.35. The number of hydrogen-bond donors (Lipinski definition) is 0. The Labute approximate surface area is 152 Å². The van der Waals surface area contributed by atoms with E-state index in [-0.39, 0.29) is 0 Å². The second-order valence-electron chi connectivity index (χ2n) is 5.45. The van der Waals surface area contributed by atoms with Crippen LogP contribution >= 0.6 is 11.8 Å². The molecule has 0 atom stereocenters. The van der Waals surface area contributed by atoms with Crippen molar-refractivity contribution in [2.45, 2.75) is 12.7 Å². The highest BCUT2D eigenvalue weighted by atomic mass is 32.2. The standard InChI is InChI=1S/C21H21NO2S/c1-2-6-17-9-11-18(12-10-17)20-15-22-21(24-20)16-25-14-13-23-19-7-4-3-5-8-19/h2-12,15H,13-14,16H2,1H3. The first kappa shape index (κ1) is 17.4. The van der Waals surface area contributed by atoms with Gasteiger partial charge in [0.15, 0.2) is 5.76 Å². The number of oxazole rings is 1. The zero-order valence-corrected chi connectivity index (χ0v) is 15.0. The van der Waals surface area contributed by atoms with Gasteiger partial charge in [0.05, 0.1) is 18.6 Å². The molecule has 0 fully saturated rings. The third kappa shape index (κ3) is 5.26. The molecule has 1 heterocycles. The Hall–Kier alpha value is -2.46. The highest BCUT2D eigenvalue weighted by Crippen LogP contribution is 2.23. The quantitative estimate of drug-likeness (QED) is 0.489. The van der Waals surface area contributed by atoms with E-state index in [2.05, 4.69) is 35.3 Å². The molecule has 2 aromatic carbocycles. The summed E-state index contributed by atoms with van der Waals surface area (Å²) in [5.41, 5.74) is 2.23. The summed E-state index contributed by atoms with van der Waals surface area (Å²) in [7, 11) is 0. The average Bonchev–Trinajstić information content (AvgIpc) is 3.12. The molecule has 0 aliphatic rings. The highest BCUT2D eigenvalue weighted by molar-refractivity contribution is 7.98. The van der Waals surface area contributed by atoms with E-state index in [1.54, 1.807) is 18.0 Å². The number of para-hydroxylation sites is 1. The van der Waals surface area contributed by atoms with Crippen molar-refractivity contribution in [3.63, 3.8) is 0 Å². The Morgan fingerprint density at radius 1 is 1.08 bits per heavy atom. The van der Waals surface area contributed by atoms with Gasteiger partial charge in [0, 0.05) is 11.3 Å². The van der Waals surface area contributed by atoms with E-state index in [0.29, 0.717) is 6.61 Å². The summed E-state index contributed by atoms with van der Waals surface area (Å²) < 4.78 is 11.5.